The molecule has 0 aliphatic heterocycles. The fraction of sp³-hybridized carbons (Fsp3) is 0.267. The lowest BCUT2D eigenvalue weighted by Crippen LogP contribution is -2.10. The van der Waals surface area contributed by atoms with Crippen LogP contribution in [0.15, 0.2) is 17.1 Å². The molecule has 1 aromatic heterocycles. The van der Waals surface area contributed by atoms with E-state index in [0.717, 1.165) is 6.40 Å². The Balaban J connectivity index is 2.82. The van der Waals surface area contributed by atoms with Crippen LogP contribution in [0.2, 0.25) is 10.0 Å². The van der Waals surface area contributed by atoms with Crippen LogP contribution < -0.4 is 0 Å². The maximum atomic E-state index is 13.2. The maximum absolute atomic E-state index is 13.2. The monoisotopic (exact) mass is 444 g/mol. The average Bonchev–Trinajstić information content (AvgIpc) is 2.92. The molecule has 0 fully saturated rings. The molecular formula is C15H8Cl2F6N4O. The molecule has 0 spiro atoms. The van der Waals surface area contributed by atoms with E-state index in [4.69, 9.17) is 33.2 Å². The van der Waals surface area contributed by atoms with Crippen molar-refractivity contribution in [1.29, 1.82) is 5.26 Å². The predicted molar refractivity (Wildman–Crippen MR) is 88.1 cm³/mol. The quantitative estimate of drug-likeness (QED) is 0.340. The van der Waals surface area contributed by atoms with Gasteiger partial charge in [0.2, 0.25) is 0 Å². The smallest absolute Gasteiger partial charge is 0.436 e. The molecular weight excluding hydrogens is 437 g/mol. The minimum Gasteiger partial charge on any atom is -0.483 e. The fourth-order valence-electron chi connectivity index (χ4n) is 2.08. The van der Waals surface area contributed by atoms with Gasteiger partial charge in [0.15, 0.2) is 17.9 Å². The number of alkyl halides is 6. The van der Waals surface area contributed by atoms with E-state index in [1.165, 1.54) is 6.07 Å². The van der Waals surface area contributed by atoms with E-state index in [9.17, 15) is 26.3 Å². The second kappa shape index (κ2) is 7.89. The highest BCUT2D eigenvalue weighted by Gasteiger charge is 2.41. The molecule has 0 atom stereocenters. The Morgan fingerprint density at radius 3 is 2.18 bits per heavy atom. The molecule has 0 N–H and O–H groups in total. The van der Waals surface area contributed by atoms with E-state index < -0.39 is 50.7 Å². The summed E-state index contributed by atoms with van der Waals surface area (Å²) in [5.74, 6) is -0.660. The van der Waals surface area contributed by atoms with E-state index in [0.29, 0.717) is 16.8 Å². The van der Waals surface area contributed by atoms with E-state index in [1.807, 2.05) is 0 Å². The number of nitriles is 1. The van der Waals surface area contributed by atoms with Crippen LogP contribution in [0.1, 0.15) is 23.7 Å². The molecule has 2 rings (SSSR count). The number of aromatic nitrogens is 2. The Hall–Kier alpha value is -2.45. The number of benzene rings is 1. The molecule has 13 heteroatoms. The highest BCUT2D eigenvalue weighted by molar-refractivity contribution is 6.38. The van der Waals surface area contributed by atoms with Crippen LogP contribution in [-0.4, -0.2) is 22.8 Å². The highest BCUT2D eigenvalue weighted by Crippen LogP contribution is 2.41. The first-order valence-corrected chi connectivity index (χ1v) is 7.98. The summed E-state index contributed by atoms with van der Waals surface area (Å²) in [6.07, 6.45) is -9.07. The maximum Gasteiger partial charge on any atom is 0.436 e. The first-order valence-electron chi connectivity index (χ1n) is 7.22. The number of aliphatic imine (C=N–C) groups is 1. The second-order valence-corrected chi connectivity index (χ2v) is 5.86. The van der Waals surface area contributed by atoms with E-state index in [1.54, 1.807) is 6.92 Å². The molecule has 1 aromatic carbocycles. The van der Waals surface area contributed by atoms with Gasteiger partial charge in [-0.25, -0.2) is 4.68 Å². The van der Waals surface area contributed by atoms with Crippen LogP contribution in [0.4, 0.5) is 32.2 Å². The lowest BCUT2D eigenvalue weighted by molar-refractivity contribution is -0.141. The zero-order valence-electron chi connectivity index (χ0n) is 13.7. The predicted octanol–water partition coefficient (Wildman–Crippen LogP) is 5.78. The van der Waals surface area contributed by atoms with Crippen LogP contribution in [0.25, 0.3) is 5.69 Å². The van der Waals surface area contributed by atoms with E-state index in [2.05, 4.69) is 10.1 Å². The zero-order valence-corrected chi connectivity index (χ0v) is 15.2. The molecule has 5 nitrogen and oxygen atoms in total. The van der Waals surface area contributed by atoms with Crippen molar-refractivity contribution in [2.75, 3.05) is 6.61 Å². The third kappa shape index (κ3) is 4.34. The van der Waals surface area contributed by atoms with Gasteiger partial charge in [-0.15, -0.1) is 0 Å². The summed E-state index contributed by atoms with van der Waals surface area (Å²) in [7, 11) is 0. The van der Waals surface area contributed by atoms with Crippen LogP contribution >= 0.6 is 23.2 Å². The van der Waals surface area contributed by atoms with Crippen molar-refractivity contribution in [2.24, 2.45) is 4.99 Å². The number of hydrogen-bond acceptors (Lipinski definition) is 4. The molecule has 2 aromatic rings. The van der Waals surface area contributed by atoms with Crippen LogP contribution in [0, 0.1) is 11.3 Å². The first kappa shape index (κ1) is 21.8. The Labute approximate surface area is 163 Å². The highest BCUT2D eigenvalue weighted by atomic mass is 35.5. The van der Waals surface area contributed by atoms with Gasteiger partial charge in [-0.2, -0.15) is 41.7 Å². The third-order valence-corrected chi connectivity index (χ3v) is 3.79. The molecule has 0 saturated heterocycles. The molecule has 0 amide bonds. The summed E-state index contributed by atoms with van der Waals surface area (Å²) < 4.78 is 83.6. The molecule has 150 valence electrons. The number of hydrogen-bond donors (Lipinski definition) is 0. The van der Waals surface area contributed by atoms with Gasteiger partial charge >= 0.3 is 12.4 Å². The Kier molecular flexibility index (Phi) is 6.15. The molecule has 0 aliphatic rings. The molecule has 1 heterocycles. The first-order chi connectivity index (χ1) is 12.9. The standard InChI is InChI=1S/C15H8Cl2F6N4O/c1-2-28-6-25-13-8(5-24)12(15(21,22)23)26-27(13)11-9(16)3-7(4-10(11)17)14(18,19)20/h3-4,6H,2H2,1H3/b25-6+. The van der Waals surface area contributed by atoms with Crippen LogP contribution in [0.3, 0.4) is 0 Å². The van der Waals surface area contributed by atoms with Gasteiger partial charge in [0.25, 0.3) is 0 Å². The van der Waals surface area contributed by atoms with Gasteiger partial charge in [-0.1, -0.05) is 23.2 Å². The minimum absolute atomic E-state index is 0.118. The van der Waals surface area contributed by atoms with Crippen molar-refractivity contribution in [3.05, 3.63) is 39.0 Å². The van der Waals surface area contributed by atoms with Crippen molar-refractivity contribution < 1.29 is 31.1 Å². The molecule has 0 aliphatic carbocycles. The van der Waals surface area contributed by atoms with Crippen molar-refractivity contribution >= 4 is 35.4 Å². The van der Waals surface area contributed by atoms with Gasteiger partial charge in [-0.05, 0) is 19.1 Å². The van der Waals surface area contributed by atoms with Crippen molar-refractivity contribution in [2.45, 2.75) is 19.3 Å². The number of ether oxygens (including phenoxy) is 1. The average molecular weight is 445 g/mol. The minimum atomic E-state index is -5.04. The summed E-state index contributed by atoms with van der Waals surface area (Å²) >= 11 is 11.7. The lowest BCUT2D eigenvalue weighted by Gasteiger charge is -2.13. The van der Waals surface area contributed by atoms with Crippen LogP contribution in [-0.2, 0) is 17.1 Å². The summed E-state index contributed by atoms with van der Waals surface area (Å²) in [4.78, 5) is 3.62. The van der Waals surface area contributed by atoms with Crippen molar-refractivity contribution in [3.63, 3.8) is 0 Å². The summed E-state index contributed by atoms with van der Waals surface area (Å²) in [6.45, 7) is 1.69. The van der Waals surface area contributed by atoms with Gasteiger partial charge in [-0.3, -0.25) is 0 Å². The van der Waals surface area contributed by atoms with Crippen LogP contribution in [0.5, 0.6) is 0 Å². The number of nitrogens with zero attached hydrogens (tertiary/aromatic N) is 4. The van der Waals surface area contributed by atoms with Gasteiger partial charge in [0.1, 0.15) is 17.3 Å². The zero-order chi connectivity index (χ0) is 21.3. The summed E-state index contributed by atoms with van der Waals surface area (Å²) in [5, 5.41) is 11.1. The lowest BCUT2D eigenvalue weighted by atomic mass is 10.2. The Morgan fingerprint density at radius 2 is 1.75 bits per heavy atom. The normalized spacial score (nSPS) is 12.4. The van der Waals surface area contributed by atoms with Crippen molar-refractivity contribution in [1.82, 2.24) is 9.78 Å². The number of rotatable bonds is 4. The molecule has 28 heavy (non-hydrogen) atoms. The molecule has 0 bridgehead atoms. The van der Waals surface area contributed by atoms with Crippen molar-refractivity contribution in [3.8, 4) is 11.8 Å². The third-order valence-electron chi connectivity index (χ3n) is 3.21. The SMILES string of the molecule is CCO/C=N/c1c(C#N)c(C(F)(F)F)nn1-c1c(Cl)cc(C(F)(F)F)cc1Cl. The molecule has 0 radical (unpaired) electrons. The molecule has 0 saturated carbocycles. The van der Waals surface area contributed by atoms with E-state index in [-0.39, 0.29) is 6.61 Å². The summed E-state index contributed by atoms with van der Waals surface area (Å²) in [6, 6.07) is 2.27. The Morgan fingerprint density at radius 1 is 1.18 bits per heavy atom. The van der Waals surface area contributed by atoms with Gasteiger partial charge in [0.05, 0.1) is 22.2 Å². The fourth-order valence-corrected chi connectivity index (χ4v) is 2.73. The Bertz CT molecular complexity index is 936. The summed E-state index contributed by atoms with van der Waals surface area (Å²) in [5.41, 5.74) is -4.30. The molecule has 0 unspecified atom stereocenters. The topological polar surface area (TPSA) is 63.2 Å². The van der Waals surface area contributed by atoms with E-state index >= 15 is 0 Å². The largest absolute Gasteiger partial charge is 0.483 e. The van der Waals surface area contributed by atoms with Gasteiger partial charge < -0.3 is 4.74 Å². The van der Waals surface area contributed by atoms with Gasteiger partial charge in [0, 0.05) is 0 Å². The second-order valence-electron chi connectivity index (χ2n) is 5.04. The number of halogens is 8.